The lowest BCUT2D eigenvalue weighted by atomic mass is 9.70. The number of rotatable bonds is 2. The van der Waals surface area contributed by atoms with Gasteiger partial charge in [0, 0.05) is 12.5 Å². The van der Waals surface area contributed by atoms with Crippen molar-refractivity contribution in [2.75, 3.05) is 13.1 Å². The molecule has 2 aliphatic rings. The summed E-state index contributed by atoms with van der Waals surface area (Å²) in [5.74, 6) is -1.78. The highest BCUT2D eigenvalue weighted by Gasteiger charge is 2.47. The molecule has 5 nitrogen and oxygen atoms in total. The molecule has 0 bridgehead atoms. The van der Waals surface area contributed by atoms with Gasteiger partial charge in [-0.2, -0.15) is 0 Å². The summed E-state index contributed by atoms with van der Waals surface area (Å²) in [6.07, 6.45) is 6.45. The van der Waals surface area contributed by atoms with Crippen LogP contribution in [0.1, 0.15) is 6.42 Å². The average molecular weight is 238 g/mol. The molecular weight excluding hydrogens is 220 g/mol. The van der Waals surface area contributed by atoms with Crippen LogP contribution in [-0.2, 0) is 4.79 Å². The first-order valence-electron chi connectivity index (χ1n) is 5.82. The lowest BCUT2D eigenvalue weighted by molar-refractivity contribution is -0.133. The molecule has 2 rings (SSSR count). The van der Waals surface area contributed by atoms with Crippen LogP contribution in [0.5, 0.6) is 0 Å². The normalized spacial score (nSPS) is 41.4. The standard InChI is InChI=1S/C12H18N2O3/c13-11(16)8-3-1-2-5-12(8,17)9-7-14-6-4-10(9)15/h1-3,5,8-10,14-15,17H,4,6-7H2,(H2,13,16)/t8?,9?,10?,12-/m0/s1. The van der Waals surface area contributed by atoms with Crippen LogP contribution >= 0.6 is 0 Å². The zero-order chi connectivity index (χ0) is 12.5. The van der Waals surface area contributed by atoms with Gasteiger partial charge in [-0.3, -0.25) is 4.79 Å². The summed E-state index contributed by atoms with van der Waals surface area (Å²) in [4.78, 5) is 11.4. The first-order chi connectivity index (χ1) is 8.05. The number of hydrogen-bond donors (Lipinski definition) is 4. The molecule has 5 heteroatoms. The molecule has 0 spiro atoms. The number of piperidine rings is 1. The minimum atomic E-state index is -1.40. The smallest absolute Gasteiger partial charge is 0.227 e. The number of nitrogens with one attached hydrogen (secondary N) is 1. The monoisotopic (exact) mass is 238 g/mol. The molecule has 5 N–H and O–H groups in total. The van der Waals surface area contributed by atoms with E-state index in [1.165, 1.54) is 0 Å². The van der Waals surface area contributed by atoms with E-state index in [1.54, 1.807) is 24.3 Å². The maximum atomic E-state index is 11.4. The number of amides is 1. The first-order valence-corrected chi connectivity index (χ1v) is 5.82. The molecule has 4 atom stereocenters. The van der Waals surface area contributed by atoms with Crippen LogP contribution in [0.15, 0.2) is 24.3 Å². The summed E-state index contributed by atoms with van der Waals surface area (Å²) in [7, 11) is 0. The number of allylic oxidation sites excluding steroid dienone is 2. The number of hydrogen-bond acceptors (Lipinski definition) is 4. The zero-order valence-corrected chi connectivity index (χ0v) is 9.54. The van der Waals surface area contributed by atoms with Crippen molar-refractivity contribution in [2.45, 2.75) is 18.1 Å². The molecule has 0 radical (unpaired) electrons. The van der Waals surface area contributed by atoms with E-state index in [0.29, 0.717) is 19.5 Å². The number of aliphatic hydroxyl groups excluding tert-OH is 1. The SMILES string of the molecule is NC(=O)C1C=CC=C[C@@]1(O)C1CNCCC1O. The van der Waals surface area contributed by atoms with Gasteiger partial charge in [-0.15, -0.1) is 0 Å². The Hall–Kier alpha value is -1.17. The van der Waals surface area contributed by atoms with E-state index in [-0.39, 0.29) is 0 Å². The topological polar surface area (TPSA) is 95.6 Å². The summed E-state index contributed by atoms with van der Waals surface area (Å²) in [5, 5.41) is 23.8. The van der Waals surface area contributed by atoms with Gasteiger partial charge in [0.2, 0.25) is 5.91 Å². The Morgan fingerprint density at radius 3 is 2.88 bits per heavy atom. The van der Waals surface area contributed by atoms with Gasteiger partial charge in [-0.05, 0) is 13.0 Å². The van der Waals surface area contributed by atoms with Crippen molar-refractivity contribution in [3.63, 3.8) is 0 Å². The minimum Gasteiger partial charge on any atom is -0.393 e. The summed E-state index contributed by atoms with van der Waals surface area (Å²) in [6.45, 7) is 1.19. The Balaban J connectivity index is 2.28. The maximum absolute atomic E-state index is 11.4. The van der Waals surface area contributed by atoms with Crippen molar-refractivity contribution < 1.29 is 15.0 Å². The van der Waals surface area contributed by atoms with Gasteiger partial charge in [0.05, 0.1) is 12.0 Å². The Bertz CT molecular complexity index is 367. The molecule has 94 valence electrons. The van der Waals surface area contributed by atoms with E-state index in [2.05, 4.69) is 5.32 Å². The van der Waals surface area contributed by atoms with E-state index >= 15 is 0 Å². The second-order valence-corrected chi connectivity index (χ2v) is 4.68. The summed E-state index contributed by atoms with van der Waals surface area (Å²) < 4.78 is 0. The van der Waals surface area contributed by atoms with Crippen LogP contribution in [0.4, 0.5) is 0 Å². The molecule has 1 heterocycles. The summed E-state index contributed by atoms with van der Waals surface area (Å²) in [6, 6.07) is 0. The van der Waals surface area contributed by atoms with Crippen LogP contribution < -0.4 is 11.1 Å². The largest absolute Gasteiger partial charge is 0.393 e. The lowest BCUT2D eigenvalue weighted by Gasteiger charge is -2.43. The van der Waals surface area contributed by atoms with E-state index in [9.17, 15) is 15.0 Å². The maximum Gasteiger partial charge on any atom is 0.227 e. The Morgan fingerprint density at radius 2 is 2.24 bits per heavy atom. The van der Waals surface area contributed by atoms with Crippen LogP contribution in [0.3, 0.4) is 0 Å². The van der Waals surface area contributed by atoms with Crippen LogP contribution in [0.25, 0.3) is 0 Å². The van der Waals surface area contributed by atoms with Crippen LogP contribution in [0.2, 0.25) is 0 Å². The summed E-state index contributed by atoms with van der Waals surface area (Å²) in [5.41, 5.74) is 3.91. The number of carbonyl (C=O) groups is 1. The van der Waals surface area contributed by atoms with Gasteiger partial charge in [0.1, 0.15) is 5.60 Å². The highest BCUT2D eigenvalue weighted by atomic mass is 16.3. The van der Waals surface area contributed by atoms with Crippen molar-refractivity contribution in [3.8, 4) is 0 Å². The third-order valence-electron chi connectivity index (χ3n) is 3.62. The number of nitrogens with two attached hydrogens (primary N) is 1. The molecule has 3 unspecified atom stereocenters. The molecule has 0 aromatic rings. The predicted octanol–water partition coefficient (Wildman–Crippen LogP) is -1.08. The fourth-order valence-corrected chi connectivity index (χ4v) is 2.64. The molecule has 1 aliphatic heterocycles. The van der Waals surface area contributed by atoms with Crippen LogP contribution in [-0.4, -0.2) is 40.9 Å². The molecule has 1 amide bonds. The second-order valence-electron chi connectivity index (χ2n) is 4.68. The van der Waals surface area contributed by atoms with Gasteiger partial charge in [-0.25, -0.2) is 0 Å². The van der Waals surface area contributed by atoms with Crippen molar-refractivity contribution in [1.29, 1.82) is 0 Å². The second kappa shape index (κ2) is 4.60. The van der Waals surface area contributed by atoms with Gasteiger partial charge < -0.3 is 21.3 Å². The molecule has 0 aromatic heterocycles. The first kappa shape index (κ1) is 12.3. The summed E-state index contributed by atoms with van der Waals surface area (Å²) >= 11 is 0. The van der Waals surface area contributed by atoms with Crippen molar-refractivity contribution >= 4 is 5.91 Å². The molecular formula is C12H18N2O3. The minimum absolute atomic E-state index is 0.421. The zero-order valence-electron chi connectivity index (χ0n) is 9.54. The van der Waals surface area contributed by atoms with Crippen molar-refractivity contribution in [3.05, 3.63) is 24.3 Å². The lowest BCUT2D eigenvalue weighted by Crippen LogP contribution is -2.58. The van der Waals surface area contributed by atoms with Gasteiger partial charge >= 0.3 is 0 Å². The third-order valence-corrected chi connectivity index (χ3v) is 3.62. The molecule has 1 saturated heterocycles. The average Bonchev–Trinajstić information content (AvgIpc) is 2.29. The van der Waals surface area contributed by atoms with E-state index in [1.807, 2.05) is 0 Å². The van der Waals surface area contributed by atoms with E-state index in [4.69, 9.17) is 5.73 Å². The highest BCUT2D eigenvalue weighted by Crippen LogP contribution is 2.35. The fraction of sp³-hybridized carbons (Fsp3) is 0.583. The van der Waals surface area contributed by atoms with Crippen molar-refractivity contribution in [2.24, 2.45) is 17.6 Å². The predicted molar refractivity (Wildman–Crippen MR) is 62.9 cm³/mol. The van der Waals surface area contributed by atoms with Crippen LogP contribution in [0, 0.1) is 11.8 Å². The Labute approximate surface area is 100 Å². The third kappa shape index (κ3) is 2.13. The fourth-order valence-electron chi connectivity index (χ4n) is 2.64. The van der Waals surface area contributed by atoms with Gasteiger partial charge in [-0.1, -0.05) is 24.3 Å². The highest BCUT2D eigenvalue weighted by molar-refractivity contribution is 5.81. The van der Waals surface area contributed by atoms with E-state index in [0.717, 1.165) is 0 Å². The Kier molecular flexibility index (Phi) is 3.33. The number of carbonyl (C=O) groups excluding carboxylic acids is 1. The Morgan fingerprint density at radius 1 is 1.47 bits per heavy atom. The molecule has 1 aliphatic carbocycles. The molecule has 17 heavy (non-hydrogen) atoms. The number of primary amides is 1. The van der Waals surface area contributed by atoms with Gasteiger partial charge in [0.25, 0.3) is 0 Å². The van der Waals surface area contributed by atoms with E-state index < -0.39 is 29.4 Å². The number of aliphatic hydroxyl groups is 2. The molecule has 0 saturated carbocycles. The van der Waals surface area contributed by atoms with Gasteiger partial charge in [0.15, 0.2) is 0 Å². The van der Waals surface area contributed by atoms with Crippen molar-refractivity contribution in [1.82, 2.24) is 5.32 Å². The molecule has 0 aromatic carbocycles. The quantitative estimate of drug-likeness (QED) is 0.492. The molecule has 1 fully saturated rings.